The first-order chi connectivity index (χ1) is 19.9. The number of amides is 4. The van der Waals surface area contributed by atoms with Gasteiger partial charge < -0.3 is 10.6 Å². The normalized spacial score (nSPS) is 16.2. The molecule has 1 unspecified atom stereocenters. The maximum Gasteiger partial charge on any atom is 0.264 e. The van der Waals surface area contributed by atoms with Crippen LogP contribution in [0.1, 0.15) is 95.7 Å². The summed E-state index contributed by atoms with van der Waals surface area (Å²) in [6, 6.07) is 8.35. The molecule has 1 aromatic carbocycles. The number of nitrogens with one attached hydrogen (secondary N) is 3. The lowest BCUT2D eigenvalue weighted by Crippen LogP contribution is -2.54. The quantitative estimate of drug-likeness (QED) is 0.247. The van der Waals surface area contributed by atoms with Crippen LogP contribution in [0.3, 0.4) is 0 Å². The number of nitriles is 2. The molecule has 3 heterocycles. The fourth-order valence-electron chi connectivity index (χ4n) is 5.32. The number of hydrogen-bond acceptors (Lipinski definition) is 9. The molecule has 212 valence electrons. The Bertz CT molecular complexity index is 1440. The summed E-state index contributed by atoms with van der Waals surface area (Å²) in [5.41, 5.74) is 2.72. The predicted octanol–water partition coefficient (Wildman–Crippen LogP) is 3.65. The number of carbonyl (C=O) groups is 4. The van der Waals surface area contributed by atoms with Crippen molar-refractivity contribution in [2.24, 2.45) is 0 Å². The van der Waals surface area contributed by atoms with E-state index in [4.69, 9.17) is 0 Å². The van der Waals surface area contributed by atoms with Gasteiger partial charge in [0.1, 0.15) is 24.0 Å². The Morgan fingerprint density at radius 2 is 1.68 bits per heavy atom. The van der Waals surface area contributed by atoms with Gasteiger partial charge in [0.2, 0.25) is 11.8 Å². The molecule has 11 nitrogen and oxygen atoms in total. The third-order valence-electron chi connectivity index (χ3n) is 7.45. The van der Waals surface area contributed by atoms with Gasteiger partial charge in [-0.25, -0.2) is 4.98 Å². The molecule has 2 aliphatic heterocycles. The number of nitrogens with zero attached hydrogens (tertiary/aromatic N) is 4. The maximum atomic E-state index is 13.2. The van der Waals surface area contributed by atoms with Gasteiger partial charge in [-0.1, -0.05) is 38.7 Å². The van der Waals surface area contributed by atoms with Crippen LogP contribution in [0.4, 0.5) is 11.5 Å². The first-order valence-electron chi connectivity index (χ1n) is 14.1. The number of rotatable bonds is 13. The number of anilines is 2. The molecule has 11 heteroatoms. The van der Waals surface area contributed by atoms with Crippen LogP contribution in [0.5, 0.6) is 0 Å². The lowest BCUT2D eigenvalue weighted by atomic mass is 10.0. The summed E-state index contributed by atoms with van der Waals surface area (Å²) in [5.74, 6) is -1.52. The van der Waals surface area contributed by atoms with E-state index in [1.807, 2.05) is 6.92 Å². The summed E-state index contributed by atoms with van der Waals surface area (Å²) < 4.78 is 0. The summed E-state index contributed by atoms with van der Waals surface area (Å²) in [6.07, 6.45) is 8.28. The van der Waals surface area contributed by atoms with Gasteiger partial charge in [-0.3, -0.25) is 29.4 Å². The van der Waals surface area contributed by atoms with Crippen molar-refractivity contribution in [1.82, 2.24) is 15.2 Å². The van der Waals surface area contributed by atoms with Gasteiger partial charge in [-0.05, 0) is 43.4 Å². The van der Waals surface area contributed by atoms with E-state index >= 15 is 0 Å². The van der Waals surface area contributed by atoms with Crippen molar-refractivity contribution in [3.63, 3.8) is 0 Å². The van der Waals surface area contributed by atoms with E-state index in [2.05, 4.69) is 33.1 Å². The zero-order valence-electron chi connectivity index (χ0n) is 23.1. The molecule has 0 saturated carbocycles. The van der Waals surface area contributed by atoms with Gasteiger partial charge in [-0.15, -0.1) is 0 Å². The zero-order valence-corrected chi connectivity index (χ0v) is 23.1. The molecule has 1 aromatic heterocycles. The fourth-order valence-corrected chi connectivity index (χ4v) is 5.32. The molecule has 4 amide bonds. The standard InChI is InChI=1S/C30H33N7O4/c1-2-20-19(16-31)18-35-27(22(20)17-32)34-15-8-6-4-3-5-7-14-33-23-11-9-10-21-26(23)30(41)37(29(21)40)24-12-13-25(38)36-28(24)39/h9-11,18,24,33H,2-8,12-15H2,1H3,(H,34,35)(H,36,38,39). The Morgan fingerprint density at radius 3 is 2.34 bits per heavy atom. The Morgan fingerprint density at radius 1 is 0.976 bits per heavy atom. The van der Waals surface area contributed by atoms with Gasteiger partial charge in [0.25, 0.3) is 11.8 Å². The van der Waals surface area contributed by atoms with Crippen LogP contribution in [-0.4, -0.2) is 52.6 Å². The number of unbranched alkanes of at least 4 members (excludes halogenated alkanes) is 5. The SMILES string of the molecule is CCc1c(C#N)cnc(NCCCCCCCCNc2cccc3c2C(=O)N(C2CCC(=O)NC2=O)C3=O)c1C#N. The minimum Gasteiger partial charge on any atom is -0.384 e. The number of hydrogen-bond donors (Lipinski definition) is 3. The minimum absolute atomic E-state index is 0.0850. The van der Waals surface area contributed by atoms with Crippen molar-refractivity contribution < 1.29 is 19.2 Å². The molecular formula is C30H33N7O4. The molecule has 3 N–H and O–H groups in total. The third kappa shape index (κ3) is 6.36. The summed E-state index contributed by atoms with van der Waals surface area (Å²) in [7, 11) is 0. The van der Waals surface area contributed by atoms with Crippen LogP contribution in [-0.2, 0) is 16.0 Å². The molecular weight excluding hydrogens is 522 g/mol. The Balaban J connectivity index is 1.17. The number of piperidine rings is 1. The summed E-state index contributed by atoms with van der Waals surface area (Å²) in [6.45, 7) is 3.25. The number of fused-ring (bicyclic) bond motifs is 1. The second-order valence-electron chi connectivity index (χ2n) is 10.1. The van der Waals surface area contributed by atoms with Crippen molar-refractivity contribution in [2.75, 3.05) is 23.7 Å². The topological polar surface area (TPSA) is 168 Å². The van der Waals surface area contributed by atoms with Crippen LogP contribution >= 0.6 is 0 Å². The largest absolute Gasteiger partial charge is 0.384 e. The molecule has 0 spiro atoms. The monoisotopic (exact) mass is 555 g/mol. The van der Waals surface area contributed by atoms with Crippen LogP contribution in [0, 0.1) is 22.7 Å². The first-order valence-corrected chi connectivity index (χ1v) is 14.1. The lowest BCUT2D eigenvalue weighted by molar-refractivity contribution is -0.136. The van der Waals surface area contributed by atoms with Crippen molar-refractivity contribution in [3.8, 4) is 12.1 Å². The lowest BCUT2D eigenvalue weighted by Gasteiger charge is -2.27. The van der Waals surface area contributed by atoms with E-state index in [9.17, 15) is 29.7 Å². The molecule has 41 heavy (non-hydrogen) atoms. The van der Waals surface area contributed by atoms with Crippen molar-refractivity contribution >= 4 is 35.1 Å². The number of benzene rings is 1. The predicted molar refractivity (Wildman–Crippen MR) is 151 cm³/mol. The van der Waals surface area contributed by atoms with Crippen molar-refractivity contribution in [3.05, 3.63) is 52.2 Å². The van der Waals surface area contributed by atoms with E-state index in [0.29, 0.717) is 42.1 Å². The molecule has 0 aliphatic carbocycles. The molecule has 1 fully saturated rings. The molecule has 1 atom stereocenters. The second-order valence-corrected chi connectivity index (χ2v) is 10.1. The first kappa shape index (κ1) is 29.2. The summed E-state index contributed by atoms with van der Waals surface area (Å²) >= 11 is 0. The number of imide groups is 2. The van der Waals surface area contributed by atoms with Gasteiger partial charge in [-0.2, -0.15) is 10.5 Å². The van der Waals surface area contributed by atoms with Crippen molar-refractivity contribution in [1.29, 1.82) is 10.5 Å². The Hall–Kier alpha value is -4.77. The second kappa shape index (κ2) is 13.5. The van der Waals surface area contributed by atoms with Crippen LogP contribution < -0.4 is 16.0 Å². The zero-order chi connectivity index (χ0) is 29.4. The molecule has 0 radical (unpaired) electrons. The van der Waals surface area contributed by atoms with Gasteiger partial charge in [0.15, 0.2) is 0 Å². The molecule has 1 saturated heterocycles. The van der Waals surface area contributed by atoms with E-state index in [-0.39, 0.29) is 24.0 Å². The van der Waals surface area contributed by atoms with Crippen LogP contribution in [0.15, 0.2) is 24.4 Å². The average Bonchev–Trinajstić information content (AvgIpc) is 3.23. The fraction of sp³-hybridized carbons (Fsp3) is 0.433. The highest BCUT2D eigenvalue weighted by Gasteiger charge is 2.45. The minimum atomic E-state index is -0.981. The third-order valence-corrected chi connectivity index (χ3v) is 7.45. The number of pyridine rings is 1. The number of carbonyl (C=O) groups excluding carboxylic acids is 4. The van der Waals surface area contributed by atoms with E-state index < -0.39 is 29.7 Å². The Kier molecular flexibility index (Phi) is 9.64. The highest BCUT2D eigenvalue weighted by atomic mass is 16.2. The van der Waals surface area contributed by atoms with Gasteiger partial charge >= 0.3 is 0 Å². The van der Waals surface area contributed by atoms with Crippen LogP contribution in [0.25, 0.3) is 0 Å². The highest BCUT2D eigenvalue weighted by molar-refractivity contribution is 6.25. The van der Waals surface area contributed by atoms with Gasteiger partial charge in [0, 0.05) is 31.4 Å². The molecule has 0 bridgehead atoms. The van der Waals surface area contributed by atoms with Gasteiger partial charge in [0.05, 0.1) is 22.3 Å². The highest BCUT2D eigenvalue weighted by Crippen LogP contribution is 2.32. The number of aromatic nitrogens is 1. The molecule has 4 rings (SSSR count). The van der Waals surface area contributed by atoms with Crippen LogP contribution in [0.2, 0.25) is 0 Å². The maximum absolute atomic E-state index is 13.2. The van der Waals surface area contributed by atoms with E-state index in [1.54, 1.807) is 18.2 Å². The van der Waals surface area contributed by atoms with E-state index in [1.165, 1.54) is 6.20 Å². The Labute approximate surface area is 238 Å². The van der Waals surface area contributed by atoms with E-state index in [0.717, 1.165) is 49.0 Å². The smallest absolute Gasteiger partial charge is 0.264 e. The summed E-state index contributed by atoms with van der Waals surface area (Å²) in [5, 5.41) is 27.5. The molecule has 2 aromatic rings. The summed E-state index contributed by atoms with van der Waals surface area (Å²) in [4.78, 5) is 55.1. The molecule has 2 aliphatic rings. The van der Waals surface area contributed by atoms with Crippen molar-refractivity contribution in [2.45, 2.75) is 70.8 Å². The average molecular weight is 556 g/mol.